The molecule has 0 bridgehead atoms. The summed E-state index contributed by atoms with van der Waals surface area (Å²) < 4.78 is 12.2. The van der Waals surface area contributed by atoms with E-state index in [9.17, 15) is 20.1 Å². The maximum Gasteiger partial charge on any atom is 0.303 e. The van der Waals surface area contributed by atoms with E-state index < -0.39 is 41.5 Å². The van der Waals surface area contributed by atoms with E-state index in [4.69, 9.17) is 15.2 Å². The highest BCUT2D eigenvalue weighted by Crippen LogP contribution is 2.87. The number of hydrogen-bond acceptors (Lipinski definition) is 7. The molecule has 6 fully saturated rings. The van der Waals surface area contributed by atoms with Crippen LogP contribution in [0.5, 0.6) is 0 Å². The molecular formula is C30H49NO6. The van der Waals surface area contributed by atoms with Gasteiger partial charge >= 0.3 is 5.97 Å². The third kappa shape index (κ3) is 3.10. The molecule has 1 heterocycles. The van der Waals surface area contributed by atoms with Gasteiger partial charge in [-0.2, -0.15) is 0 Å². The number of aliphatic hydroxyl groups is 3. The van der Waals surface area contributed by atoms with Gasteiger partial charge in [-0.25, -0.2) is 0 Å². The normalized spacial score (nSPS) is 54.6. The number of ether oxygens (including phenoxy) is 2. The minimum atomic E-state index is -1.26. The van der Waals surface area contributed by atoms with Crippen molar-refractivity contribution >= 4 is 5.97 Å². The standard InChI is InChI=1S/C30H49NO6/c1-16(32)36-24(26(4,5)35)18-8-7-17-22(37-18)23(34)30(31)20-10-9-19-25(2,3)21(33)11-12-28(19)15-29(20,28)14-13-27(17,30)6/h17-24,33-35H,7-15,31H2,1-6H3. The van der Waals surface area contributed by atoms with Gasteiger partial charge in [-0.3, -0.25) is 4.79 Å². The van der Waals surface area contributed by atoms with Crippen molar-refractivity contribution < 1.29 is 29.6 Å². The zero-order valence-electron chi connectivity index (χ0n) is 23.6. The second-order valence-corrected chi connectivity index (χ2v) is 15.3. The van der Waals surface area contributed by atoms with Crippen LogP contribution in [0, 0.1) is 39.4 Å². The van der Waals surface area contributed by atoms with Gasteiger partial charge in [0.1, 0.15) is 0 Å². The zero-order valence-corrected chi connectivity index (χ0v) is 23.6. The maximum absolute atomic E-state index is 12.1. The molecule has 2 spiro atoms. The lowest BCUT2D eigenvalue weighted by atomic mass is 9.44. The van der Waals surface area contributed by atoms with Crippen molar-refractivity contribution in [3.63, 3.8) is 0 Å². The minimum Gasteiger partial charge on any atom is -0.457 e. The lowest BCUT2D eigenvalue weighted by molar-refractivity contribution is -0.208. The third-order valence-corrected chi connectivity index (χ3v) is 13.3. The van der Waals surface area contributed by atoms with Gasteiger partial charge in [0, 0.05) is 6.92 Å². The molecule has 5 aliphatic carbocycles. The molecule has 7 heteroatoms. The van der Waals surface area contributed by atoms with E-state index >= 15 is 0 Å². The van der Waals surface area contributed by atoms with E-state index in [0.717, 1.165) is 44.9 Å². The Balaban J connectivity index is 1.32. The molecule has 6 rings (SSSR count). The molecule has 12 unspecified atom stereocenters. The van der Waals surface area contributed by atoms with Crippen molar-refractivity contribution in [3.05, 3.63) is 0 Å². The molecule has 6 aliphatic rings. The van der Waals surface area contributed by atoms with E-state index in [-0.39, 0.29) is 39.6 Å². The van der Waals surface area contributed by atoms with Crippen molar-refractivity contribution in [2.45, 2.75) is 141 Å². The van der Waals surface area contributed by atoms with E-state index in [2.05, 4.69) is 20.8 Å². The Bertz CT molecular complexity index is 978. The van der Waals surface area contributed by atoms with Crippen molar-refractivity contribution in [2.24, 2.45) is 45.1 Å². The van der Waals surface area contributed by atoms with E-state index in [0.29, 0.717) is 12.3 Å². The number of carbonyl (C=O) groups excluding carboxylic acids is 1. The first-order valence-corrected chi connectivity index (χ1v) is 14.8. The van der Waals surface area contributed by atoms with Gasteiger partial charge in [0.25, 0.3) is 0 Å². The van der Waals surface area contributed by atoms with Crippen LogP contribution < -0.4 is 5.73 Å². The maximum atomic E-state index is 12.1. The minimum absolute atomic E-state index is 0.0866. The van der Waals surface area contributed by atoms with Gasteiger partial charge in [0.15, 0.2) is 6.10 Å². The van der Waals surface area contributed by atoms with Crippen LogP contribution in [0.4, 0.5) is 0 Å². The number of carbonyl (C=O) groups is 1. The van der Waals surface area contributed by atoms with Crippen molar-refractivity contribution in [1.29, 1.82) is 0 Å². The van der Waals surface area contributed by atoms with Crippen LogP contribution in [0.25, 0.3) is 0 Å². The van der Waals surface area contributed by atoms with E-state index in [1.807, 2.05) is 0 Å². The van der Waals surface area contributed by atoms with Gasteiger partial charge in [-0.05, 0) is 111 Å². The van der Waals surface area contributed by atoms with Gasteiger partial charge < -0.3 is 30.5 Å². The van der Waals surface area contributed by atoms with Gasteiger partial charge in [-0.1, -0.05) is 20.8 Å². The Kier molecular flexibility index (Phi) is 5.52. The summed E-state index contributed by atoms with van der Waals surface area (Å²) in [5, 5.41) is 33.8. The Morgan fingerprint density at radius 2 is 1.65 bits per heavy atom. The molecule has 0 aromatic heterocycles. The average Bonchev–Trinajstić information content (AvgIpc) is 3.45. The van der Waals surface area contributed by atoms with Crippen LogP contribution >= 0.6 is 0 Å². The molecule has 0 aromatic carbocycles. The summed E-state index contributed by atoms with van der Waals surface area (Å²) in [6.07, 6.45) is 6.04. The molecule has 37 heavy (non-hydrogen) atoms. The summed E-state index contributed by atoms with van der Waals surface area (Å²) in [5.74, 6) is 0.435. The number of fused-ring (bicyclic) bond motifs is 4. The summed E-state index contributed by atoms with van der Waals surface area (Å²) in [7, 11) is 0. The fourth-order valence-electron chi connectivity index (χ4n) is 11.5. The second kappa shape index (κ2) is 7.72. The van der Waals surface area contributed by atoms with Crippen molar-refractivity contribution in [3.8, 4) is 0 Å². The highest BCUT2D eigenvalue weighted by atomic mass is 16.6. The molecule has 5 N–H and O–H groups in total. The van der Waals surface area contributed by atoms with Crippen LogP contribution in [0.3, 0.4) is 0 Å². The lowest BCUT2D eigenvalue weighted by Crippen LogP contribution is -2.70. The lowest BCUT2D eigenvalue weighted by Gasteiger charge is -2.63. The summed E-state index contributed by atoms with van der Waals surface area (Å²) in [6.45, 7) is 11.5. The third-order valence-electron chi connectivity index (χ3n) is 13.3. The van der Waals surface area contributed by atoms with Crippen molar-refractivity contribution in [1.82, 2.24) is 0 Å². The number of hydrogen-bond donors (Lipinski definition) is 4. The number of rotatable bonds is 3. The molecule has 7 nitrogen and oxygen atoms in total. The monoisotopic (exact) mass is 519 g/mol. The summed E-state index contributed by atoms with van der Waals surface area (Å²) >= 11 is 0. The quantitative estimate of drug-likeness (QED) is 0.422. The fraction of sp³-hybridized carbons (Fsp3) is 0.967. The first-order chi connectivity index (χ1) is 17.1. The zero-order chi connectivity index (χ0) is 27.0. The summed E-state index contributed by atoms with van der Waals surface area (Å²) in [4.78, 5) is 11.8. The molecule has 1 saturated heterocycles. The van der Waals surface area contributed by atoms with E-state index in [1.165, 1.54) is 13.3 Å². The van der Waals surface area contributed by atoms with Gasteiger partial charge in [-0.15, -0.1) is 0 Å². The van der Waals surface area contributed by atoms with Gasteiger partial charge in [0.05, 0.1) is 35.6 Å². The Morgan fingerprint density at radius 3 is 2.30 bits per heavy atom. The smallest absolute Gasteiger partial charge is 0.303 e. The van der Waals surface area contributed by atoms with Crippen LogP contribution in [-0.2, 0) is 14.3 Å². The van der Waals surface area contributed by atoms with E-state index in [1.54, 1.807) is 13.8 Å². The predicted octanol–water partition coefficient (Wildman–Crippen LogP) is 3.31. The first-order valence-electron chi connectivity index (χ1n) is 14.8. The number of aliphatic hydroxyl groups excluding tert-OH is 2. The fourth-order valence-corrected chi connectivity index (χ4v) is 11.5. The molecule has 210 valence electrons. The molecule has 12 atom stereocenters. The predicted molar refractivity (Wildman–Crippen MR) is 138 cm³/mol. The molecular weight excluding hydrogens is 470 g/mol. The Labute approximate surface area is 221 Å². The summed E-state index contributed by atoms with van der Waals surface area (Å²) in [6, 6.07) is 0. The molecule has 5 saturated carbocycles. The van der Waals surface area contributed by atoms with Crippen LogP contribution in [0.2, 0.25) is 0 Å². The first kappa shape index (κ1) is 26.5. The van der Waals surface area contributed by atoms with Crippen LogP contribution in [-0.4, -0.2) is 62.9 Å². The van der Waals surface area contributed by atoms with Crippen molar-refractivity contribution in [2.75, 3.05) is 0 Å². The molecule has 0 radical (unpaired) electrons. The molecule has 0 amide bonds. The topological polar surface area (TPSA) is 122 Å². The highest BCUT2D eigenvalue weighted by Gasteiger charge is 2.84. The second-order valence-electron chi connectivity index (χ2n) is 15.3. The number of esters is 1. The summed E-state index contributed by atoms with van der Waals surface area (Å²) in [5.41, 5.74) is 5.63. The van der Waals surface area contributed by atoms with Gasteiger partial charge in [0.2, 0.25) is 0 Å². The SMILES string of the molecule is CC(=O)OC(C1CCC2C(O1)C(O)C1(N)C3CCC4C(C)(C)C(O)CCC45CC35CCC21C)C(C)(C)O. The molecule has 0 aromatic rings. The average molecular weight is 520 g/mol. The largest absolute Gasteiger partial charge is 0.457 e. The Morgan fingerprint density at radius 1 is 1.00 bits per heavy atom. The Hall–Kier alpha value is -0.730. The molecule has 1 aliphatic heterocycles. The number of nitrogens with two attached hydrogens (primary N) is 1. The highest BCUT2D eigenvalue weighted by molar-refractivity contribution is 5.66. The van der Waals surface area contributed by atoms with Crippen LogP contribution in [0.15, 0.2) is 0 Å². The van der Waals surface area contributed by atoms with Crippen LogP contribution in [0.1, 0.15) is 99.3 Å².